The van der Waals surface area contributed by atoms with E-state index < -0.39 is 22.6 Å². The molecule has 146 valence electrons. The maximum absolute atomic E-state index is 12.8. The number of anilines is 2. The van der Waals surface area contributed by atoms with E-state index in [4.69, 9.17) is 0 Å². The number of carbonyl (C=O) groups is 2. The molecule has 0 saturated heterocycles. The van der Waals surface area contributed by atoms with Crippen molar-refractivity contribution in [3.8, 4) is 0 Å². The fraction of sp³-hybridized carbons (Fsp3) is 0.267. The molecule has 3 N–H and O–H groups in total. The monoisotopic (exact) mass is 387 g/mol. The van der Waals surface area contributed by atoms with E-state index in [0.29, 0.717) is 12.2 Å². The Morgan fingerprint density at radius 2 is 1.89 bits per heavy atom. The molecule has 3 aromatic rings. The molecule has 0 atom stereocenters. The Kier molecular flexibility index (Phi) is 4.89. The van der Waals surface area contributed by atoms with E-state index in [9.17, 15) is 19.7 Å². The van der Waals surface area contributed by atoms with E-state index in [1.807, 2.05) is 0 Å². The van der Waals surface area contributed by atoms with E-state index >= 15 is 0 Å². The highest BCUT2D eigenvalue weighted by atomic mass is 16.6. The van der Waals surface area contributed by atoms with Gasteiger partial charge in [-0.05, 0) is 18.8 Å². The Hall–Kier alpha value is -4.03. The lowest BCUT2D eigenvalue weighted by Gasteiger charge is -2.09. The third-order valence-electron chi connectivity index (χ3n) is 4.08. The Labute approximate surface area is 157 Å². The molecule has 3 heterocycles. The van der Waals surface area contributed by atoms with E-state index in [0.717, 1.165) is 11.8 Å². The molecule has 2 amide bonds. The topological polar surface area (TPSA) is 166 Å². The number of H-pyrrole nitrogens is 1. The summed E-state index contributed by atoms with van der Waals surface area (Å²) in [6.07, 6.45) is 2.84. The molecular formula is C15H17N9O4. The van der Waals surface area contributed by atoms with Crippen molar-refractivity contribution < 1.29 is 14.5 Å². The first-order chi connectivity index (χ1) is 13.3. The number of hydrogen-bond acceptors (Lipinski definition) is 7. The molecule has 3 rings (SSSR count). The number of carbonyl (C=O) groups excluding carboxylic acids is 2. The molecule has 0 radical (unpaired) electrons. The largest absolute Gasteiger partial charge is 0.358 e. The first-order valence-electron chi connectivity index (χ1n) is 8.18. The number of rotatable bonds is 6. The number of nitrogens with zero attached hydrogens (tertiary/aromatic N) is 6. The Balaban J connectivity index is 1.85. The average Bonchev–Trinajstić information content (AvgIpc) is 3.37. The van der Waals surface area contributed by atoms with Crippen LogP contribution in [0.25, 0.3) is 0 Å². The quantitative estimate of drug-likeness (QED) is 0.420. The van der Waals surface area contributed by atoms with Gasteiger partial charge in [-0.15, -0.1) is 5.10 Å². The summed E-state index contributed by atoms with van der Waals surface area (Å²) in [5.41, 5.74) is 1.37. The highest BCUT2D eigenvalue weighted by molar-refractivity contribution is 6.11. The van der Waals surface area contributed by atoms with Crippen LogP contribution in [-0.2, 0) is 13.6 Å². The summed E-state index contributed by atoms with van der Waals surface area (Å²) < 4.78 is 3.03. The minimum Gasteiger partial charge on any atom is -0.358 e. The lowest BCUT2D eigenvalue weighted by Crippen LogP contribution is -2.21. The second kappa shape index (κ2) is 7.30. The highest BCUT2D eigenvalue weighted by Gasteiger charge is 2.23. The standard InChI is InChI=1S/C15H17N9O4/c1-4-23-13(15(26)18-10-6-16-22(3)8(10)2)11(7-17-23)19-14(25)9-5-12(21-20-9)24(27)28/h5-7H,4H2,1-3H3,(H,18,26)(H,19,25)(H,20,21). The van der Waals surface area contributed by atoms with Crippen LogP contribution in [0.4, 0.5) is 17.2 Å². The predicted octanol–water partition coefficient (Wildman–Crippen LogP) is 1.08. The van der Waals surface area contributed by atoms with Gasteiger partial charge in [0, 0.05) is 13.6 Å². The lowest BCUT2D eigenvalue weighted by atomic mass is 10.3. The molecule has 0 aliphatic rings. The number of nitro groups is 1. The van der Waals surface area contributed by atoms with Gasteiger partial charge >= 0.3 is 5.82 Å². The van der Waals surface area contributed by atoms with Crippen molar-refractivity contribution in [3.63, 3.8) is 0 Å². The summed E-state index contributed by atoms with van der Waals surface area (Å²) in [7, 11) is 1.75. The van der Waals surface area contributed by atoms with Crippen LogP contribution in [0.3, 0.4) is 0 Å². The molecule has 13 heteroatoms. The first kappa shape index (κ1) is 18.8. The number of hydrogen-bond donors (Lipinski definition) is 3. The molecule has 0 spiro atoms. The molecule has 0 aliphatic carbocycles. The van der Waals surface area contributed by atoms with E-state index in [1.54, 1.807) is 25.6 Å². The van der Waals surface area contributed by atoms with Gasteiger partial charge in [-0.2, -0.15) is 10.2 Å². The van der Waals surface area contributed by atoms with Crippen LogP contribution in [-0.4, -0.2) is 46.5 Å². The normalized spacial score (nSPS) is 10.7. The Bertz CT molecular complexity index is 1060. The molecule has 0 aliphatic heterocycles. The lowest BCUT2D eigenvalue weighted by molar-refractivity contribution is -0.389. The van der Waals surface area contributed by atoms with Crippen molar-refractivity contribution in [1.29, 1.82) is 0 Å². The van der Waals surface area contributed by atoms with Gasteiger partial charge in [0.1, 0.15) is 5.69 Å². The fourth-order valence-corrected chi connectivity index (χ4v) is 2.47. The first-order valence-corrected chi connectivity index (χ1v) is 8.18. The molecule has 3 aromatic heterocycles. The summed E-state index contributed by atoms with van der Waals surface area (Å²) in [5.74, 6) is -1.62. The van der Waals surface area contributed by atoms with Crippen molar-refractivity contribution >= 4 is 29.0 Å². The van der Waals surface area contributed by atoms with Crippen molar-refractivity contribution in [1.82, 2.24) is 29.8 Å². The third-order valence-corrected chi connectivity index (χ3v) is 4.08. The predicted molar refractivity (Wildman–Crippen MR) is 97.0 cm³/mol. The van der Waals surface area contributed by atoms with Crippen molar-refractivity contribution in [2.24, 2.45) is 7.05 Å². The summed E-state index contributed by atoms with van der Waals surface area (Å²) in [5, 5.41) is 29.9. The van der Waals surface area contributed by atoms with Gasteiger partial charge in [0.2, 0.25) is 0 Å². The summed E-state index contributed by atoms with van der Waals surface area (Å²) >= 11 is 0. The molecule has 0 bridgehead atoms. The van der Waals surface area contributed by atoms with Gasteiger partial charge in [-0.1, -0.05) is 5.10 Å². The second-order valence-electron chi connectivity index (χ2n) is 5.79. The van der Waals surface area contributed by atoms with Crippen LogP contribution in [0.1, 0.15) is 33.6 Å². The maximum Gasteiger partial charge on any atom is 0.343 e. The minimum atomic E-state index is -0.716. The van der Waals surface area contributed by atoms with Crippen molar-refractivity contribution in [2.75, 3.05) is 10.6 Å². The van der Waals surface area contributed by atoms with Gasteiger partial charge in [-0.25, -0.2) is 0 Å². The smallest absolute Gasteiger partial charge is 0.343 e. The van der Waals surface area contributed by atoms with Gasteiger partial charge in [-0.3, -0.25) is 19.0 Å². The van der Waals surface area contributed by atoms with Crippen LogP contribution in [0.5, 0.6) is 0 Å². The zero-order valence-corrected chi connectivity index (χ0v) is 15.3. The second-order valence-corrected chi connectivity index (χ2v) is 5.79. The molecule has 13 nitrogen and oxygen atoms in total. The number of amides is 2. The van der Waals surface area contributed by atoms with E-state index in [1.165, 1.54) is 17.1 Å². The number of aromatic amines is 1. The van der Waals surface area contributed by atoms with E-state index in [-0.39, 0.29) is 17.1 Å². The van der Waals surface area contributed by atoms with Crippen LogP contribution in [0.15, 0.2) is 18.5 Å². The highest BCUT2D eigenvalue weighted by Crippen LogP contribution is 2.20. The van der Waals surface area contributed by atoms with Gasteiger partial charge in [0.15, 0.2) is 5.69 Å². The van der Waals surface area contributed by atoms with Crippen molar-refractivity contribution in [2.45, 2.75) is 20.4 Å². The Morgan fingerprint density at radius 1 is 1.21 bits per heavy atom. The van der Waals surface area contributed by atoms with Crippen LogP contribution < -0.4 is 10.6 Å². The summed E-state index contributed by atoms with van der Waals surface area (Å²) in [6, 6.07) is 0.998. The minimum absolute atomic E-state index is 0.129. The number of aryl methyl sites for hydroxylation is 2. The molecular weight excluding hydrogens is 370 g/mol. The zero-order chi connectivity index (χ0) is 20.4. The number of nitrogens with one attached hydrogen (secondary N) is 3. The Morgan fingerprint density at radius 3 is 2.46 bits per heavy atom. The molecule has 0 fully saturated rings. The van der Waals surface area contributed by atoms with Crippen LogP contribution in [0.2, 0.25) is 0 Å². The fourth-order valence-electron chi connectivity index (χ4n) is 2.47. The molecule has 28 heavy (non-hydrogen) atoms. The average molecular weight is 387 g/mol. The maximum atomic E-state index is 12.8. The zero-order valence-electron chi connectivity index (χ0n) is 15.3. The van der Waals surface area contributed by atoms with Crippen molar-refractivity contribution in [3.05, 3.63) is 45.7 Å². The SMILES string of the molecule is CCn1ncc(NC(=O)c2cc([N+](=O)[O-])[nH]n2)c1C(=O)Nc1cnn(C)c1C. The summed E-state index contributed by atoms with van der Waals surface area (Å²) in [4.78, 5) is 35.1. The number of aromatic nitrogens is 6. The summed E-state index contributed by atoms with van der Waals surface area (Å²) in [6.45, 7) is 3.98. The molecule has 0 unspecified atom stereocenters. The van der Waals surface area contributed by atoms with Crippen LogP contribution >= 0.6 is 0 Å². The third kappa shape index (κ3) is 3.44. The molecule has 0 saturated carbocycles. The van der Waals surface area contributed by atoms with Gasteiger partial charge < -0.3 is 20.7 Å². The molecule has 0 aromatic carbocycles. The van der Waals surface area contributed by atoms with Crippen LogP contribution in [0, 0.1) is 17.0 Å². The van der Waals surface area contributed by atoms with Gasteiger partial charge in [0.25, 0.3) is 11.8 Å². The van der Waals surface area contributed by atoms with E-state index in [2.05, 4.69) is 31.0 Å². The van der Waals surface area contributed by atoms with Gasteiger partial charge in [0.05, 0.1) is 35.5 Å².